The maximum absolute atomic E-state index is 12.2. The summed E-state index contributed by atoms with van der Waals surface area (Å²) in [6.07, 6.45) is -1.03. The summed E-state index contributed by atoms with van der Waals surface area (Å²) >= 11 is 0. The molecule has 1 heterocycles. The molecule has 1 aromatic rings. The minimum absolute atomic E-state index is 0.611. The lowest BCUT2D eigenvalue weighted by molar-refractivity contribution is 0.140. The molecule has 0 bridgehead atoms. The lowest BCUT2D eigenvalue weighted by Gasteiger charge is -2.05. The van der Waals surface area contributed by atoms with Crippen molar-refractivity contribution in [2.24, 2.45) is 7.05 Å². The molecule has 68 valence electrons. The molecule has 1 atom stereocenters. The van der Waals surface area contributed by atoms with E-state index in [0.29, 0.717) is 11.3 Å². The van der Waals surface area contributed by atoms with Gasteiger partial charge in [-0.25, -0.2) is 4.39 Å². The Hall–Kier alpha value is -0.900. The number of hydrogen-bond acceptors (Lipinski definition) is 2. The molecular weight excluding hydrogens is 159 g/mol. The average molecular weight is 172 g/mol. The van der Waals surface area contributed by atoms with E-state index in [4.69, 9.17) is 0 Å². The summed E-state index contributed by atoms with van der Waals surface area (Å²) in [5.74, 6) is 0. The minimum Gasteiger partial charge on any atom is -0.386 e. The largest absolute Gasteiger partial charge is 0.386 e. The van der Waals surface area contributed by atoms with Crippen LogP contribution in [0.15, 0.2) is 0 Å². The third kappa shape index (κ3) is 1.34. The van der Waals surface area contributed by atoms with Gasteiger partial charge in [-0.2, -0.15) is 5.10 Å². The zero-order valence-corrected chi connectivity index (χ0v) is 7.50. The summed E-state index contributed by atoms with van der Waals surface area (Å²) in [4.78, 5) is 0. The quantitative estimate of drug-likeness (QED) is 0.723. The summed E-state index contributed by atoms with van der Waals surface area (Å²) in [5, 5.41) is 13.3. The Morgan fingerprint density at radius 2 is 2.17 bits per heavy atom. The second-order valence-corrected chi connectivity index (χ2v) is 2.88. The Morgan fingerprint density at radius 3 is 2.50 bits per heavy atom. The van der Waals surface area contributed by atoms with E-state index >= 15 is 0 Å². The van der Waals surface area contributed by atoms with E-state index in [2.05, 4.69) is 5.10 Å². The van der Waals surface area contributed by atoms with Crippen LogP contribution >= 0.6 is 0 Å². The third-order valence-corrected chi connectivity index (χ3v) is 2.04. The van der Waals surface area contributed by atoms with Crippen molar-refractivity contribution in [3.05, 3.63) is 17.0 Å². The molecule has 0 radical (unpaired) electrons. The fraction of sp³-hybridized carbons (Fsp3) is 0.625. The average Bonchev–Trinajstić information content (AvgIpc) is 2.26. The molecule has 0 aliphatic rings. The monoisotopic (exact) mass is 172 g/mol. The van der Waals surface area contributed by atoms with Crippen LogP contribution in [0.1, 0.15) is 23.1 Å². The maximum atomic E-state index is 12.2. The van der Waals surface area contributed by atoms with E-state index in [0.717, 1.165) is 5.69 Å². The number of aliphatic hydroxyl groups excluding tert-OH is 1. The van der Waals surface area contributed by atoms with Crippen molar-refractivity contribution in [2.75, 3.05) is 6.67 Å². The summed E-state index contributed by atoms with van der Waals surface area (Å²) in [6, 6.07) is 0. The molecule has 1 N–H and O–H groups in total. The highest BCUT2D eigenvalue weighted by molar-refractivity contribution is 5.26. The standard InChI is InChI=1S/C8H13FN2O/c1-5-8(7(12)4-9)6(2)11(3)10-5/h7,12H,4H2,1-3H3. The first-order valence-electron chi connectivity index (χ1n) is 3.82. The van der Waals surface area contributed by atoms with Crippen LogP contribution in [-0.2, 0) is 7.05 Å². The van der Waals surface area contributed by atoms with Crippen LogP contribution in [-0.4, -0.2) is 21.6 Å². The van der Waals surface area contributed by atoms with Crippen LogP contribution in [0.3, 0.4) is 0 Å². The number of aliphatic hydroxyl groups is 1. The van der Waals surface area contributed by atoms with Gasteiger partial charge in [0, 0.05) is 18.3 Å². The number of hydrogen-bond donors (Lipinski definition) is 1. The Morgan fingerprint density at radius 1 is 1.58 bits per heavy atom. The molecule has 0 spiro atoms. The number of halogens is 1. The molecule has 0 saturated carbocycles. The van der Waals surface area contributed by atoms with Gasteiger partial charge in [-0.3, -0.25) is 4.68 Å². The third-order valence-electron chi connectivity index (χ3n) is 2.04. The van der Waals surface area contributed by atoms with E-state index < -0.39 is 12.8 Å². The van der Waals surface area contributed by atoms with Crippen LogP contribution in [0, 0.1) is 13.8 Å². The minimum atomic E-state index is -1.03. The van der Waals surface area contributed by atoms with Crippen molar-refractivity contribution in [3.8, 4) is 0 Å². The van der Waals surface area contributed by atoms with E-state index in [1.165, 1.54) is 0 Å². The van der Waals surface area contributed by atoms with Crippen LogP contribution in [0.25, 0.3) is 0 Å². The van der Waals surface area contributed by atoms with E-state index in [-0.39, 0.29) is 0 Å². The first-order valence-corrected chi connectivity index (χ1v) is 3.82. The van der Waals surface area contributed by atoms with Crippen LogP contribution in [0.2, 0.25) is 0 Å². The molecule has 1 rings (SSSR count). The normalized spacial score (nSPS) is 13.4. The number of nitrogens with zero attached hydrogens (tertiary/aromatic N) is 2. The van der Waals surface area contributed by atoms with Gasteiger partial charge in [0.25, 0.3) is 0 Å². The van der Waals surface area contributed by atoms with Gasteiger partial charge in [-0.05, 0) is 13.8 Å². The predicted molar refractivity (Wildman–Crippen MR) is 43.6 cm³/mol. The Labute approximate surface area is 70.8 Å². The zero-order valence-electron chi connectivity index (χ0n) is 7.50. The van der Waals surface area contributed by atoms with Crippen molar-refractivity contribution < 1.29 is 9.50 Å². The fourth-order valence-corrected chi connectivity index (χ4v) is 1.35. The molecule has 3 nitrogen and oxygen atoms in total. The van der Waals surface area contributed by atoms with E-state index in [1.54, 1.807) is 18.7 Å². The van der Waals surface area contributed by atoms with Crippen molar-refractivity contribution >= 4 is 0 Å². The lowest BCUT2D eigenvalue weighted by atomic mass is 10.1. The number of rotatable bonds is 2. The molecule has 4 heteroatoms. The fourth-order valence-electron chi connectivity index (χ4n) is 1.35. The van der Waals surface area contributed by atoms with Crippen molar-refractivity contribution in [1.82, 2.24) is 9.78 Å². The van der Waals surface area contributed by atoms with E-state index in [9.17, 15) is 9.50 Å². The summed E-state index contributed by atoms with van der Waals surface area (Å²) < 4.78 is 13.8. The highest BCUT2D eigenvalue weighted by Crippen LogP contribution is 2.20. The number of alkyl halides is 1. The SMILES string of the molecule is Cc1nn(C)c(C)c1C(O)CF. The molecule has 0 fully saturated rings. The predicted octanol–water partition coefficient (Wildman–Crippen LogP) is 1.04. The Bertz CT molecular complexity index is 283. The molecule has 0 amide bonds. The topological polar surface area (TPSA) is 38.0 Å². The van der Waals surface area contributed by atoms with Gasteiger partial charge >= 0.3 is 0 Å². The van der Waals surface area contributed by atoms with Gasteiger partial charge in [0.2, 0.25) is 0 Å². The molecule has 1 unspecified atom stereocenters. The molecule has 0 saturated heterocycles. The molecule has 0 aliphatic heterocycles. The van der Waals surface area contributed by atoms with Gasteiger partial charge in [0.1, 0.15) is 12.8 Å². The molecule has 1 aromatic heterocycles. The second kappa shape index (κ2) is 3.23. The molecule has 0 aliphatic carbocycles. The van der Waals surface area contributed by atoms with Crippen molar-refractivity contribution in [3.63, 3.8) is 0 Å². The first-order chi connectivity index (χ1) is 5.57. The van der Waals surface area contributed by atoms with Crippen LogP contribution < -0.4 is 0 Å². The molecular formula is C8H13FN2O. The maximum Gasteiger partial charge on any atom is 0.120 e. The molecule has 0 aromatic carbocycles. The lowest BCUT2D eigenvalue weighted by Crippen LogP contribution is -2.02. The summed E-state index contributed by atoms with van der Waals surface area (Å²) in [5.41, 5.74) is 2.12. The second-order valence-electron chi connectivity index (χ2n) is 2.88. The Balaban J connectivity index is 3.13. The van der Waals surface area contributed by atoms with Gasteiger partial charge in [0.15, 0.2) is 0 Å². The number of aryl methyl sites for hydroxylation is 2. The van der Waals surface area contributed by atoms with E-state index in [1.807, 2.05) is 6.92 Å². The van der Waals surface area contributed by atoms with Crippen LogP contribution in [0.4, 0.5) is 4.39 Å². The first kappa shape index (κ1) is 9.19. The van der Waals surface area contributed by atoms with Crippen molar-refractivity contribution in [2.45, 2.75) is 20.0 Å². The number of aromatic nitrogens is 2. The zero-order chi connectivity index (χ0) is 9.30. The van der Waals surface area contributed by atoms with Gasteiger partial charge in [-0.15, -0.1) is 0 Å². The summed E-state index contributed by atoms with van der Waals surface area (Å²) in [7, 11) is 1.77. The smallest absolute Gasteiger partial charge is 0.120 e. The van der Waals surface area contributed by atoms with Crippen LogP contribution in [0.5, 0.6) is 0 Å². The Kier molecular flexibility index (Phi) is 2.47. The van der Waals surface area contributed by atoms with Crippen molar-refractivity contribution in [1.29, 1.82) is 0 Å². The van der Waals surface area contributed by atoms with Gasteiger partial charge in [-0.1, -0.05) is 0 Å². The van der Waals surface area contributed by atoms with Gasteiger partial charge < -0.3 is 5.11 Å². The summed E-state index contributed by atoms with van der Waals surface area (Å²) in [6.45, 7) is 2.82. The molecule has 12 heavy (non-hydrogen) atoms. The van der Waals surface area contributed by atoms with Gasteiger partial charge in [0.05, 0.1) is 5.69 Å². The highest BCUT2D eigenvalue weighted by atomic mass is 19.1. The highest BCUT2D eigenvalue weighted by Gasteiger charge is 2.16.